The summed E-state index contributed by atoms with van der Waals surface area (Å²) in [6.07, 6.45) is 8.58. The molecule has 6 heteroatoms. The van der Waals surface area contributed by atoms with Gasteiger partial charge in [0.15, 0.2) is 0 Å². The molecule has 0 unspecified atom stereocenters. The fourth-order valence-corrected chi connectivity index (χ4v) is 4.25. The third-order valence-corrected chi connectivity index (χ3v) is 5.63. The molecule has 0 spiro atoms. The van der Waals surface area contributed by atoms with Gasteiger partial charge in [-0.25, -0.2) is 0 Å². The Bertz CT molecular complexity index is 602. The Hall–Kier alpha value is -1.95. The fourth-order valence-electron chi connectivity index (χ4n) is 4.25. The highest BCUT2D eigenvalue weighted by atomic mass is 16.5. The third-order valence-electron chi connectivity index (χ3n) is 5.63. The van der Waals surface area contributed by atoms with Gasteiger partial charge in [0.05, 0.1) is 6.61 Å². The lowest BCUT2D eigenvalue weighted by Crippen LogP contribution is -2.31. The number of primary amides is 1. The predicted molar refractivity (Wildman–Crippen MR) is 98.3 cm³/mol. The number of ether oxygens (including phenoxy) is 1. The Kier molecular flexibility index (Phi) is 6.61. The van der Waals surface area contributed by atoms with Crippen LogP contribution in [0.4, 0.5) is 0 Å². The minimum atomic E-state index is -0.470. The average Bonchev–Trinajstić information content (AvgIpc) is 3.07. The average molecular weight is 359 g/mol. The SMILES string of the molecule is NC(=O)COC[C@@H]1CN(C(=O)CC2CCCCC2)C[C@H]1c1ccccn1. The van der Waals surface area contributed by atoms with Crippen molar-refractivity contribution in [1.82, 2.24) is 9.88 Å². The lowest BCUT2D eigenvalue weighted by molar-refractivity contribution is -0.131. The van der Waals surface area contributed by atoms with Gasteiger partial charge in [-0.15, -0.1) is 0 Å². The smallest absolute Gasteiger partial charge is 0.243 e. The van der Waals surface area contributed by atoms with E-state index in [0.717, 1.165) is 5.69 Å². The van der Waals surface area contributed by atoms with Gasteiger partial charge >= 0.3 is 0 Å². The van der Waals surface area contributed by atoms with Gasteiger partial charge < -0.3 is 15.4 Å². The molecule has 2 fully saturated rings. The standard InChI is InChI=1S/C20H29N3O3/c21-19(24)14-26-13-16-11-23(12-17(16)18-8-4-5-9-22-18)20(25)10-15-6-2-1-3-7-15/h4-5,8-9,15-17H,1-3,6-7,10-14H2,(H2,21,24)/t16-,17+/m0/s1. The van der Waals surface area contributed by atoms with E-state index in [1.807, 2.05) is 23.1 Å². The number of nitrogens with zero attached hydrogens (tertiary/aromatic N) is 2. The molecule has 6 nitrogen and oxygen atoms in total. The molecule has 2 aliphatic rings. The zero-order chi connectivity index (χ0) is 18.4. The summed E-state index contributed by atoms with van der Waals surface area (Å²) in [6.45, 7) is 1.66. The van der Waals surface area contributed by atoms with Crippen molar-refractivity contribution in [2.24, 2.45) is 17.6 Å². The molecule has 1 aromatic rings. The maximum Gasteiger partial charge on any atom is 0.243 e. The molecule has 2 heterocycles. The van der Waals surface area contributed by atoms with Crippen LogP contribution in [0.25, 0.3) is 0 Å². The molecular formula is C20H29N3O3. The van der Waals surface area contributed by atoms with Crippen LogP contribution in [-0.4, -0.2) is 48.0 Å². The van der Waals surface area contributed by atoms with Gasteiger partial charge in [-0.3, -0.25) is 14.6 Å². The highest BCUT2D eigenvalue weighted by molar-refractivity contribution is 5.77. The van der Waals surface area contributed by atoms with Crippen molar-refractivity contribution in [2.45, 2.75) is 44.4 Å². The number of hydrogen-bond acceptors (Lipinski definition) is 4. The van der Waals surface area contributed by atoms with Crippen molar-refractivity contribution in [1.29, 1.82) is 0 Å². The van der Waals surface area contributed by atoms with Gasteiger partial charge in [0.25, 0.3) is 0 Å². The van der Waals surface area contributed by atoms with E-state index in [0.29, 0.717) is 32.0 Å². The molecule has 1 saturated carbocycles. The topological polar surface area (TPSA) is 85.5 Å². The Labute approximate surface area is 155 Å². The van der Waals surface area contributed by atoms with Gasteiger partial charge in [-0.1, -0.05) is 25.3 Å². The van der Waals surface area contributed by atoms with Crippen molar-refractivity contribution in [3.05, 3.63) is 30.1 Å². The van der Waals surface area contributed by atoms with Gasteiger partial charge in [-0.05, 0) is 30.9 Å². The van der Waals surface area contributed by atoms with E-state index >= 15 is 0 Å². The summed E-state index contributed by atoms with van der Waals surface area (Å²) in [5.41, 5.74) is 6.14. The second-order valence-electron chi connectivity index (χ2n) is 7.61. The Morgan fingerprint density at radius 1 is 1.19 bits per heavy atom. The maximum atomic E-state index is 12.8. The van der Waals surface area contributed by atoms with E-state index in [4.69, 9.17) is 10.5 Å². The first kappa shape index (κ1) is 18.8. The lowest BCUT2D eigenvalue weighted by Gasteiger charge is -2.24. The number of nitrogens with two attached hydrogens (primary N) is 1. The first-order chi connectivity index (χ1) is 12.6. The van der Waals surface area contributed by atoms with E-state index in [2.05, 4.69) is 4.98 Å². The lowest BCUT2D eigenvalue weighted by atomic mass is 9.87. The van der Waals surface area contributed by atoms with Crippen LogP contribution < -0.4 is 5.73 Å². The van der Waals surface area contributed by atoms with E-state index in [9.17, 15) is 9.59 Å². The fraction of sp³-hybridized carbons (Fsp3) is 0.650. The second-order valence-corrected chi connectivity index (χ2v) is 7.61. The second kappa shape index (κ2) is 9.12. The van der Waals surface area contributed by atoms with Crippen LogP contribution in [0.1, 0.15) is 50.1 Å². The van der Waals surface area contributed by atoms with Crippen molar-refractivity contribution in [3.8, 4) is 0 Å². The molecule has 0 bridgehead atoms. The minimum absolute atomic E-state index is 0.0819. The van der Waals surface area contributed by atoms with Gasteiger partial charge in [0.2, 0.25) is 11.8 Å². The van der Waals surface area contributed by atoms with Crippen molar-refractivity contribution >= 4 is 11.8 Å². The van der Waals surface area contributed by atoms with Gasteiger partial charge in [0.1, 0.15) is 6.61 Å². The summed E-state index contributed by atoms with van der Waals surface area (Å²) in [6, 6.07) is 5.86. The zero-order valence-electron chi connectivity index (χ0n) is 15.3. The Morgan fingerprint density at radius 2 is 2.00 bits per heavy atom. The van der Waals surface area contributed by atoms with Crippen LogP contribution >= 0.6 is 0 Å². The molecule has 1 aliphatic heterocycles. The maximum absolute atomic E-state index is 12.8. The van der Waals surface area contributed by atoms with Crippen molar-refractivity contribution in [3.63, 3.8) is 0 Å². The zero-order valence-corrected chi connectivity index (χ0v) is 15.3. The molecule has 142 valence electrons. The molecule has 1 saturated heterocycles. The quantitative estimate of drug-likeness (QED) is 0.808. The Morgan fingerprint density at radius 3 is 2.69 bits per heavy atom. The summed E-state index contributed by atoms with van der Waals surface area (Å²) >= 11 is 0. The molecule has 2 N–H and O–H groups in total. The van der Waals surface area contributed by atoms with Crippen molar-refractivity contribution in [2.75, 3.05) is 26.3 Å². The van der Waals surface area contributed by atoms with Crippen LogP contribution in [0.3, 0.4) is 0 Å². The number of hydrogen-bond donors (Lipinski definition) is 1. The van der Waals surface area contributed by atoms with E-state index in [1.165, 1.54) is 32.1 Å². The molecule has 3 rings (SSSR count). The molecule has 0 radical (unpaired) electrons. The van der Waals surface area contributed by atoms with E-state index in [-0.39, 0.29) is 24.3 Å². The van der Waals surface area contributed by atoms with Gasteiger partial charge in [0, 0.05) is 43.2 Å². The molecule has 1 aliphatic carbocycles. The van der Waals surface area contributed by atoms with Crippen LogP contribution in [0.2, 0.25) is 0 Å². The van der Waals surface area contributed by atoms with Gasteiger partial charge in [-0.2, -0.15) is 0 Å². The molecule has 2 atom stereocenters. The molecular weight excluding hydrogens is 330 g/mol. The van der Waals surface area contributed by atoms with Crippen molar-refractivity contribution < 1.29 is 14.3 Å². The van der Waals surface area contributed by atoms with Crippen LogP contribution in [0, 0.1) is 11.8 Å². The highest BCUT2D eigenvalue weighted by Crippen LogP contribution is 2.34. The summed E-state index contributed by atoms with van der Waals surface area (Å²) in [5.74, 6) is 0.589. The molecule has 0 aromatic carbocycles. The monoisotopic (exact) mass is 359 g/mol. The minimum Gasteiger partial charge on any atom is -0.371 e. The van der Waals surface area contributed by atoms with Crippen LogP contribution in [-0.2, 0) is 14.3 Å². The Balaban J connectivity index is 1.62. The molecule has 1 aromatic heterocycles. The summed E-state index contributed by atoms with van der Waals surface area (Å²) in [4.78, 5) is 30.2. The number of pyridine rings is 1. The van der Waals surface area contributed by atoms with E-state index in [1.54, 1.807) is 6.20 Å². The van der Waals surface area contributed by atoms with Crippen LogP contribution in [0.15, 0.2) is 24.4 Å². The number of rotatable bonds is 7. The number of carbonyl (C=O) groups is 2. The summed E-state index contributed by atoms with van der Waals surface area (Å²) in [7, 11) is 0. The number of likely N-dealkylation sites (tertiary alicyclic amines) is 1. The predicted octanol–water partition coefficient (Wildman–Crippen LogP) is 2.10. The number of aromatic nitrogens is 1. The third kappa shape index (κ3) is 5.04. The number of amides is 2. The number of carbonyl (C=O) groups excluding carboxylic acids is 2. The highest BCUT2D eigenvalue weighted by Gasteiger charge is 2.37. The summed E-state index contributed by atoms with van der Waals surface area (Å²) < 4.78 is 5.47. The molecule has 26 heavy (non-hydrogen) atoms. The first-order valence-corrected chi connectivity index (χ1v) is 9.68. The normalized spacial score (nSPS) is 23.9. The largest absolute Gasteiger partial charge is 0.371 e. The molecule has 2 amide bonds. The van der Waals surface area contributed by atoms with E-state index < -0.39 is 5.91 Å². The first-order valence-electron chi connectivity index (χ1n) is 9.68. The van der Waals surface area contributed by atoms with Crippen LogP contribution in [0.5, 0.6) is 0 Å². The summed E-state index contributed by atoms with van der Waals surface area (Å²) in [5, 5.41) is 0.